The Hall–Kier alpha value is -2.15. The summed E-state index contributed by atoms with van der Waals surface area (Å²) in [5, 5.41) is 19.8. The van der Waals surface area contributed by atoms with Gasteiger partial charge >= 0.3 is 11.7 Å². The van der Waals surface area contributed by atoms with Crippen LogP contribution in [0.25, 0.3) is 0 Å². The van der Waals surface area contributed by atoms with Crippen molar-refractivity contribution < 1.29 is 19.6 Å². The monoisotopic (exact) mass is 240 g/mol. The lowest BCUT2D eigenvalue weighted by Crippen LogP contribution is -2.16. The predicted octanol–water partition coefficient (Wildman–Crippen LogP) is 0.863. The Bertz CT molecular complexity index is 446. The SMILES string of the molecule is COC(=O)C[C@@H](N)c1ccc(O)c([N+](=O)[O-])c1. The van der Waals surface area contributed by atoms with Gasteiger partial charge in [-0.3, -0.25) is 14.9 Å². The average molecular weight is 240 g/mol. The van der Waals surface area contributed by atoms with E-state index in [1.165, 1.54) is 19.2 Å². The second kappa shape index (κ2) is 5.26. The first-order valence-electron chi connectivity index (χ1n) is 4.75. The molecule has 0 aliphatic carbocycles. The van der Waals surface area contributed by atoms with Crippen molar-refractivity contribution in [1.29, 1.82) is 0 Å². The molecule has 0 aromatic heterocycles. The van der Waals surface area contributed by atoms with Gasteiger partial charge in [-0.05, 0) is 11.6 Å². The van der Waals surface area contributed by atoms with Crippen molar-refractivity contribution in [3.05, 3.63) is 33.9 Å². The maximum atomic E-state index is 11.0. The van der Waals surface area contributed by atoms with E-state index in [9.17, 15) is 20.0 Å². The first-order chi connectivity index (χ1) is 7.95. The Morgan fingerprint density at radius 1 is 1.65 bits per heavy atom. The third-order valence-electron chi connectivity index (χ3n) is 2.24. The van der Waals surface area contributed by atoms with Gasteiger partial charge in [0.1, 0.15) is 0 Å². The highest BCUT2D eigenvalue weighted by Gasteiger charge is 2.18. The summed E-state index contributed by atoms with van der Waals surface area (Å²) in [5.74, 6) is -0.947. The number of nitrogens with two attached hydrogens (primary N) is 1. The molecular formula is C10H12N2O5. The summed E-state index contributed by atoms with van der Waals surface area (Å²) in [5.41, 5.74) is 5.63. The molecule has 17 heavy (non-hydrogen) atoms. The van der Waals surface area contributed by atoms with Gasteiger partial charge in [-0.15, -0.1) is 0 Å². The molecule has 7 nitrogen and oxygen atoms in total. The summed E-state index contributed by atoms with van der Waals surface area (Å²) in [6, 6.07) is 3.03. The molecular weight excluding hydrogens is 228 g/mol. The van der Waals surface area contributed by atoms with E-state index in [-0.39, 0.29) is 6.42 Å². The Morgan fingerprint density at radius 2 is 2.29 bits per heavy atom. The molecule has 0 aliphatic rings. The maximum absolute atomic E-state index is 11.0. The molecule has 0 saturated carbocycles. The molecule has 1 aromatic rings. The number of methoxy groups -OCH3 is 1. The van der Waals surface area contributed by atoms with Crippen LogP contribution in [0.2, 0.25) is 0 Å². The zero-order valence-corrected chi connectivity index (χ0v) is 9.12. The van der Waals surface area contributed by atoms with E-state index in [0.717, 1.165) is 6.07 Å². The number of hydrogen-bond acceptors (Lipinski definition) is 6. The van der Waals surface area contributed by atoms with E-state index >= 15 is 0 Å². The summed E-state index contributed by atoms with van der Waals surface area (Å²) in [6.07, 6.45) is -0.0849. The summed E-state index contributed by atoms with van der Waals surface area (Å²) in [6.45, 7) is 0. The highest BCUT2D eigenvalue weighted by molar-refractivity contribution is 5.70. The standard InChI is InChI=1S/C10H12N2O5/c1-17-10(14)5-7(11)6-2-3-9(13)8(4-6)12(15)16/h2-4,7,13H,5,11H2,1H3/t7-/m1/s1. The molecule has 7 heteroatoms. The van der Waals surface area contributed by atoms with Gasteiger partial charge in [-0.2, -0.15) is 0 Å². The van der Waals surface area contributed by atoms with E-state index < -0.39 is 28.4 Å². The van der Waals surface area contributed by atoms with Crippen LogP contribution in [0.5, 0.6) is 5.75 Å². The Kier molecular flexibility index (Phi) is 4.00. The van der Waals surface area contributed by atoms with Crippen LogP contribution in [-0.2, 0) is 9.53 Å². The van der Waals surface area contributed by atoms with Crippen LogP contribution in [0.1, 0.15) is 18.0 Å². The summed E-state index contributed by atoms with van der Waals surface area (Å²) >= 11 is 0. The van der Waals surface area contributed by atoms with Gasteiger partial charge in [0, 0.05) is 12.1 Å². The minimum atomic E-state index is -0.719. The fourth-order valence-corrected chi connectivity index (χ4v) is 1.30. The Morgan fingerprint density at radius 3 is 2.82 bits per heavy atom. The predicted molar refractivity (Wildman–Crippen MR) is 58.3 cm³/mol. The topological polar surface area (TPSA) is 116 Å². The molecule has 0 radical (unpaired) electrons. The van der Waals surface area contributed by atoms with Gasteiger partial charge in [0.05, 0.1) is 18.5 Å². The lowest BCUT2D eigenvalue weighted by molar-refractivity contribution is -0.385. The van der Waals surface area contributed by atoms with Crippen LogP contribution in [0, 0.1) is 10.1 Å². The number of phenolic OH excluding ortho intramolecular Hbond substituents is 1. The molecule has 1 atom stereocenters. The molecule has 0 fully saturated rings. The molecule has 0 amide bonds. The molecule has 0 unspecified atom stereocenters. The lowest BCUT2D eigenvalue weighted by atomic mass is 10.0. The minimum absolute atomic E-state index is 0.0849. The second-order valence-electron chi connectivity index (χ2n) is 3.39. The summed E-state index contributed by atoms with van der Waals surface area (Å²) in [7, 11) is 1.23. The van der Waals surface area contributed by atoms with Crippen LogP contribution < -0.4 is 5.73 Å². The van der Waals surface area contributed by atoms with E-state index in [2.05, 4.69) is 4.74 Å². The number of benzene rings is 1. The molecule has 3 N–H and O–H groups in total. The highest BCUT2D eigenvalue weighted by Crippen LogP contribution is 2.29. The normalized spacial score (nSPS) is 11.9. The molecule has 92 valence electrons. The largest absolute Gasteiger partial charge is 0.502 e. The quantitative estimate of drug-likeness (QED) is 0.458. The van der Waals surface area contributed by atoms with E-state index in [0.29, 0.717) is 5.56 Å². The molecule has 1 aromatic carbocycles. The van der Waals surface area contributed by atoms with Gasteiger partial charge in [0.25, 0.3) is 0 Å². The fourth-order valence-electron chi connectivity index (χ4n) is 1.30. The van der Waals surface area contributed by atoms with Crippen LogP contribution in [0.4, 0.5) is 5.69 Å². The number of carbonyl (C=O) groups is 1. The number of phenols is 1. The molecule has 1 rings (SSSR count). The van der Waals surface area contributed by atoms with Crippen molar-refractivity contribution in [3.63, 3.8) is 0 Å². The third-order valence-corrected chi connectivity index (χ3v) is 2.24. The number of esters is 1. The van der Waals surface area contributed by atoms with E-state index in [1.807, 2.05) is 0 Å². The number of carbonyl (C=O) groups excluding carboxylic acids is 1. The maximum Gasteiger partial charge on any atom is 0.311 e. The van der Waals surface area contributed by atoms with Gasteiger partial charge in [0.2, 0.25) is 0 Å². The Balaban J connectivity index is 2.95. The first kappa shape index (κ1) is 12.9. The zero-order valence-electron chi connectivity index (χ0n) is 9.12. The van der Waals surface area contributed by atoms with E-state index in [1.54, 1.807) is 0 Å². The van der Waals surface area contributed by atoms with Crippen molar-refractivity contribution in [2.24, 2.45) is 5.73 Å². The molecule has 0 saturated heterocycles. The lowest BCUT2D eigenvalue weighted by Gasteiger charge is -2.10. The Labute approximate surface area is 97.0 Å². The molecule has 0 bridgehead atoms. The van der Waals surface area contributed by atoms with Gasteiger partial charge < -0.3 is 15.6 Å². The number of rotatable bonds is 4. The zero-order chi connectivity index (χ0) is 13.0. The van der Waals surface area contributed by atoms with Crippen molar-refractivity contribution in [3.8, 4) is 5.75 Å². The number of nitro groups is 1. The van der Waals surface area contributed by atoms with Crippen molar-refractivity contribution in [1.82, 2.24) is 0 Å². The second-order valence-corrected chi connectivity index (χ2v) is 3.39. The van der Waals surface area contributed by atoms with Crippen LogP contribution in [0.3, 0.4) is 0 Å². The number of hydrogen-bond donors (Lipinski definition) is 2. The smallest absolute Gasteiger partial charge is 0.311 e. The van der Waals surface area contributed by atoms with Crippen molar-refractivity contribution >= 4 is 11.7 Å². The van der Waals surface area contributed by atoms with Gasteiger partial charge in [0.15, 0.2) is 5.75 Å². The van der Waals surface area contributed by atoms with Crippen molar-refractivity contribution in [2.45, 2.75) is 12.5 Å². The minimum Gasteiger partial charge on any atom is -0.502 e. The number of nitrogens with zero attached hydrogens (tertiary/aromatic N) is 1. The van der Waals surface area contributed by atoms with E-state index in [4.69, 9.17) is 5.73 Å². The highest BCUT2D eigenvalue weighted by atomic mass is 16.6. The van der Waals surface area contributed by atoms with Crippen LogP contribution in [-0.4, -0.2) is 23.1 Å². The molecule has 0 spiro atoms. The van der Waals surface area contributed by atoms with Crippen LogP contribution in [0.15, 0.2) is 18.2 Å². The van der Waals surface area contributed by atoms with Crippen molar-refractivity contribution in [2.75, 3.05) is 7.11 Å². The summed E-state index contributed by atoms with van der Waals surface area (Å²) in [4.78, 5) is 20.9. The fraction of sp³-hybridized carbons (Fsp3) is 0.300. The third kappa shape index (κ3) is 3.15. The van der Waals surface area contributed by atoms with Gasteiger partial charge in [-0.25, -0.2) is 0 Å². The molecule has 0 aliphatic heterocycles. The van der Waals surface area contributed by atoms with Crippen LogP contribution >= 0.6 is 0 Å². The van der Waals surface area contributed by atoms with Gasteiger partial charge in [-0.1, -0.05) is 6.07 Å². The summed E-state index contributed by atoms with van der Waals surface area (Å²) < 4.78 is 4.44. The number of aromatic hydroxyl groups is 1. The number of ether oxygens (including phenoxy) is 1. The number of nitro benzene ring substituents is 1. The molecule has 0 heterocycles. The first-order valence-corrected chi connectivity index (χ1v) is 4.75. The average Bonchev–Trinajstić information content (AvgIpc) is 2.28.